The second kappa shape index (κ2) is 8.66. The normalized spacial score (nSPS) is 10.5. The molecule has 0 unspecified atom stereocenters. The minimum Gasteiger partial charge on any atom is -0.482 e. The highest BCUT2D eigenvalue weighted by molar-refractivity contribution is 9.10. The second-order valence-corrected chi connectivity index (χ2v) is 6.49. The van der Waals surface area contributed by atoms with Crippen LogP contribution < -0.4 is 15.7 Å². The number of esters is 1. The third-order valence-corrected chi connectivity index (χ3v) is 4.01. The first kappa shape index (κ1) is 19.6. The Morgan fingerprint density at radius 3 is 2.64 bits per heavy atom. The molecule has 0 saturated carbocycles. The zero-order valence-corrected chi connectivity index (χ0v) is 15.8. The standard InChI is InChI=1S/C19H13BrFNO6/c20-12-3-5-15(14(21)7-12)22-17(23)9-27-19(25)10-26-13-4-1-11-2-6-18(24)28-16(11)8-13/h1-8H,9-10H2,(H,22,23). The Morgan fingerprint density at radius 1 is 1.07 bits per heavy atom. The molecule has 0 radical (unpaired) electrons. The first-order chi connectivity index (χ1) is 13.4. The summed E-state index contributed by atoms with van der Waals surface area (Å²) in [5.74, 6) is -1.82. The molecule has 0 aliphatic carbocycles. The molecule has 1 heterocycles. The molecule has 3 aromatic rings. The van der Waals surface area contributed by atoms with E-state index in [0.717, 1.165) is 0 Å². The van der Waals surface area contributed by atoms with Crippen molar-refractivity contribution in [2.75, 3.05) is 18.5 Å². The molecule has 0 bridgehead atoms. The molecule has 0 spiro atoms. The van der Waals surface area contributed by atoms with Gasteiger partial charge in [0.1, 0.15) is 17.1 Å². The van der Waals surface area contributed by atoms with Crippen molar-refractivity contribution in [1.82, 2.24) is 0 Å². The summed E-state index contributed by atoms with van der Waals surface area (Å²) in [6.07, 6.45) is 0. The van der Waals surface area contributed by atoms with Crippen LogP contribution in [0.3, 0.4) is 0 Å². The van der Waals surface area contributed by atoms with Gasteiger partial charge in [0.05, 0.1) is 5.69 Å². The number of hydrogen-bond acceptors (Lipinski definition) is 6. The summed E-state index contributed by atoms with van der Waals surface area (Å²) in [5.41, 5.74) is -0.218. The molecule has 3 rings (SSSR count). The number of ether oxygens (including phenoxy) is 2. The SMILES string of the molecule is O=C(COC(=O)COc1ccc2ccc(=O)oc2c1)Nc1ccc(Br)cc1F. The lowest BCUT2D eigenvalue weighted by molar-refractivity contribution is -0.149. The van der Waals surface area contributed by atoms with Gasteiger partial charge in [-0.3, -0.25) is 4.79 Å². The molecular formula is C19H13BrFNO6. The van der Waals surface area contributed by atoms with Crippen LogP contribution in [0.2, 0.25) is 0 Å². The highest BCUT2D eigenvalue weighted by atomic mass is 79.9. The molecule has 1 amide bonds. The number of amides is 1. The Balaban J connectivity index is 1.49. The lowest BCUT2D eigenvalue weighted by Gasteiger charge is -2.09. The predicted molar refractivity (Wildman–Crippen MR) is 102 cm³/mol. The molecule has 0 saturated heterocycles. The maximum Gasteiger partial charge on any atom is 0.344 e. The smallest absolute Gasteiger partial charge is 0.344 e. The molecule has 28 heavy (non-hydrogen) atoms. The predicted octanol–water partition coefficient (Wildman–Crippen LogP) is 3.26. The molecular weight excluding hydrogens is 437 g/mol. The van der Waals surface area contributed by atoms with Crippen molar-refractivity contribution in [3.05, 3.63) is 69.2 Å². The number of anilines is 1. The van der Waals surface area contributed by atoms with E-state index in [1.165, 1.54) is 24.3 Å². The van der Waals surface area contributed by atoms with Gasteiger partial charge in [0, 0.05) is 22.0 Å². The second-order valence-electron chi connectivity index (χ2n) is 5.58. The van der Waals surface area contributed by atoms with Crippen LogP contribution in [0, 0.1) is 5.82 Å². The maximum absolute atomic E-state index is 13.7. The van der Waals surface area contributed by atoms with Gasteiger partial charge in [0.25, 0.3) is 5.91 Å². The van der Waals surface area contributed by atoms with E-state index in [2.05, 4.69) is 21.2 Å². The fourth-order valence-corrected chi connectivity index (χ4v) is 2.57. The van der Waals surface area contributed by atoms with Crippen LogP contribution >= 0.6 is 15.9 Å². The topological polar surface area (TPSA) is 94.8 Å². The summed E-state index contributed by atoms with van der Waals surface area (Å²) >= 11 is 3.11. The van der Waals surface area contributed by atoms with Gasteiger partial charge in [0.15, 0.2) is 13.2 Å². The van der Waals surface area contributed by atoms with E-state index in [9.17, 15) is 18.8 Å². The number of fused-ring (bicyclic) bond motifs is 1. The van der Waals surface area contributed by atoms with Crippen LogP contribution in [0.5, 0.6) is 5.75 Å². The minimum absolute atomic E-state index is 0.0295. The van der Waals surface area contributed by atoms with Gasteiger partial charge in [-0.15, -0.1) is 0 Å². The quantitative estimate of drug-likeness (QED) is 0.458. The van der Waals surface area contributed by atoms with Gasteiger partial charge in [-0.25, -0.2) is 14.0 Å². The first-order valence-corrected chi connectivity index (χ1v) is 8.77. The average Bonchev–Trinajstić information content (AvgIpc) is 2.66. The lowest BCUT2D eigenvalue weighted by Crippen LogP contribution is -2.24. The number of halogens is 2. The molecule has 0 aliphatic heterocycles. The Labute approximate surface area is 166 Å². The van der Waals surface area contributed by atoms with E-state index in [1.54, 1.807) is 24.3 Å². The number of benzene rings is 2. The summed E-state index contributed by atoms with van der Waals surface area (Å²) in [6, 6.07) is 11.8. The number of hydrogen-bond donors (Lipinski definition) is 1. The van der Waals surface area contributed by atoms with Gasteiger partial charge in [0.2, 0.25) is 0 Å². The van der Waals surface area contributed by atoms with E-state index < -0.39 is 36.5 Å². The molecule has 9 heteroatoms. The van der Waals surface area contributed by atoms with Gasteiger partial charge in [-0.05, 0) is 36.4 Å². The van der Waals surface area contributed by atoms with Crippen LogP contribution in [-0.4, -0.2) is 25.1 Å². The average molecular weight is 450 g/mol. The Hall–Kier alpha value is -3.20. The zero-order valence-electron chi connectivity index (χ0n) is 14.2. The largest absolute Gasteiger partial charge is 0.482 e. The molecule has 144 valence electrons. The molecule has 0 atom stereocenters. The molecule has 1 N–H and O–H groups in total. The summed E-state index contributed by atoms with van der Waals surface area (Å²) < 4.78 is 29.3. The van der Waals surface area contributed by atoms with Gasteiger partial charge < -0.3 is 19.2 Å². The summed E-state index contributed by atoms with van der Waals surface area (Å²) in [6.45, 7) is -1.05. The summed E-state index contributed by atoms with van der Waals surface area (Å²) in [4.78, 5) is 34.7. The maximum atomic E-state index is 13.7. The van der Waals surface area contributed by atoms with Gasteiger partial charge in [-0.2, -0.15) is 0 Å². The molecule has 0 aliphatic rings. The fourth-order valence-electron chi connectivity index (χ4n) is 2.24. The monoisotopic (exact) mass is 449 g/mol. The van der Waals surface area contributed by atoms with E-state index in [-0.39, 0.29) is 5.69 Å². The molecule has 2 aromatic carbocycles. The number of carbonyl (C=O) groups excluding carboxylic acids is 2. The van der Waals surface area contributed by atoms with Crippen molar-refractivity contribution in [2.45, 2.75) is 0 Å². The molecule has 1 aromatic heterocycles. The third kappa shape index (κ3) is 5.17. The fraction of sp³-hybridized carbons (Fsp3) is 0.105. The van der Waals surface area contributed by atoms with Crippen molar-refractivity contribution in [3.63, 3.8) is 0 Å². The molecule has 0 fully saturated rings. The van der Waals surface area contributed by atoms with Crippen molar-refractivity contribution in [1.29, 1.82) is 0 Å². The highest BCUT2D eigenvalue weighted by Gasteiger charge is 2.11. The first-order valence-electron chi connectivity index (χ1n) is 7.98. The Morgan fingerprint density at radius 2 is 1.86 bits per heavy atom. The minimum atomic E-state index is -0.791. The number of nitrogens with one attached hydrogen (secondary N) is 1. The van der Waals surface area contributed by atoms with Crippen molar-refractivity contribution < 1.29 is 27.9 Å². The van der Waals surface area contributed by atoms with E-state index in [4.69, 9.17) is 13.9 Å². The van der Waals surface area contributed by atoms with Crippen molar-refractivity contribution in [2.24, 2.45) is 0 Å². The van der Waals surface area contributed by atoms with Crippen LogP contribution in [-0.2, 0) is 14.3 Å². The van der Waals surface area contributed by atoms with Crippen LogP contribution in [0.1, 0.15) is 0 Å². The van der Waals surface area contributed by atoms with E-state index in [1.807, 2.05) is 0 Å². The van der Waals surface area contributed by atoms with E-state index >= 15 is 0 Å². The van der Waals surface area contributed by atoms with Gasteiger partial charge in [-0.1, -0.05) is 15.9 Å². The Kier molecular flexibility index (Phi) is 6.05. The summed E-state index contributed by atoms with van der Waals surface area (Å²) in [5, 5.41) is 3.00. The van der Waals surface area contributed by atoms with Crippen LogP contribution in [0.4, 0.5) is 10.1 Å². The zero-order chi connectivity index (χ0) is 20.1. The summed E-state index contributed by atoms with van der Waals surface area (Å²) in [7, 11) is 0. The lowest BCUT2D eigenvalue weighted by atomic mass is 10.2. The third-order valence-electron chi connectivity index (χ3n) is 3.52. The van der Waals surface area contributed by atoms with Crippen LogP contribution in [0.25, 0.3) is 11.0 Å². The van der Waals surface area contributed by atoms with Crippen molar-refractivity contribution in [3.8, 4) is 5.75 Å². The van der Waals surface area contributed by atoms with Gasteiger partial charge >= 0.3 is 11.6 Å². The Bertz CT molecular complexity index is 1100. The number of rotatable bonds is 6. The number of carbonyl (C=O) groups is 2. The van der Waals surface area contributed by atoms with Crippen molar-refractivity contribution >= 4 is 44.5 Å². The van der Waals surface area contributed by atoms with E-state index in [0.29, 0.717) is 21.2 Å². The highest BCUT2D eigenvalue weighted by Crippen LogP contribution is 2.20. The molecule has 7 nitrogen and oxygen atoms in total. The van der Waals surface area contributed by atoms with Crippen LogP contribution in [0.15, 0.2) is 62.2 Å².